The van der Waals surface area contributed by atoms with Crippen molar-refractivity contribution >= 4 is 35.0 Å². The zero-order chi connectivity index (χ0) is 21.0. The molecule has 1 atom stereocenters. The van der Waals surface area contributed by atoms with E-state index in [9.17, 15) is 14.4 Å². The number of anilines is 1. The Bertz CT molecular complexity index is 886. The number of rotatable bonds is 6. The first-order chi connectivity index (χ1) is 13.9. The molecule has 0 radical (unpaired) electrons. The minimum Gasteiger partial charge on any atom is -0.336 e. The summed E-state index contributed by atoms with van der Waals surface area (Å²) in [6.45, 7) is 2.05. The summed E-state index contributed by atoms with van der Waals surface area (Å²) in [7, 11) is 1.63. The molecule has 1 fully saturated rings. The normalized spacial score (nSPS) is 14.8. The first kappa shape index (κ1) is 20.9. The Morgan fingerprint density at radius 1 is 1.10 bits per heavy atom. The Morgan fingerprint density at radius 3 is 2.38 bits per heavy atom. The molecule has 152 valence electrons. The molecular formula is C22H24ClN3O3. The molecule has 0 aliphatic carbocycles. The quantitative estimate of drug-likeness (QED) is 0.731. The maximum atomic E-state index is 12.9. The highest BCUT2D eigenvalue weighted by molar-refractivity contribution is 6.30. The second-order valence-electron chi connectivity index (χ2n) is 7.10. The van der Waals surface area contributed by atoms with E-state index in [1.54, 1.807) is 31.3 Å². The van der Waals surface area contributed by atoms with Gasteiger partial charge in [-0.15, -0.1) is 0 Å². The van der Waals surface area contributed by atoms with Crippen molar-refractivity contribution in [3.63, 3.8) is 0 Å². The van der Waals surface area contributed by atoms with E-state index in [-0.39, 0.29) is 43.4 Å². The van der Waals surface area contributed by atoms with Crippen LogP contribution in [0.1, 0.15) is 24.8 Å². The van der Waals surface area contributed by atoms with Crippen molar-refractivity contribution in [2.45, 2.75) is 19.3 Å². The number of hydrogen-bond donors (Lipinski definition) is 0. The Balaban J connectivity index is 1.63. The minimum atomic E-state index is -0.292. The summed E-state index contributed by atoms with van der Waals surface area (Å²) >= 11 is 5.90. The highest BCUT2D eigenvalue weighted by Gasteiger charge is 2.33. The fourth-order valence-electron chi connectivity index (χ4n) is 3.45. The molecule has 0 N–H and O–H groups in total. The van der Waals surface area contributed by atoms with Crippen LogP contribution in [0.4, 0.5) is 5.69 Å². The van der Waals surface area contributed by atoms with Crippen LogP contribution in [0.15, 0.2) is 54.6 Å². The number of carbonyl (C=O) groups is 3. The maximum absolute atomic E-state index is 12.9. The summed E-state index contributed by atoms with van der Waals surface area (Å²) in [5.74, 6) is -0.814. The lowest BCUT2D eigenvalue weighted by Crippen LogP contribution is -2.42. The Morgan fingerprint density at radius 2 is 1.76 bits per heavy atom. The number of likely N-dealkylation sites (N-methyl/N-ethyl adjacent to an activating group) is 1. The zero-order valence-electron chi connectivity index (χ0n) is 16.5. The van der Waals surface area contributed by atoms with Crippen LogP contribution in [0.5, 0.6) is 0 Å². The van der Waals surface area contributed by atoms with Crippen molar-refractivity contribution in [3.8, 4) is 0 Å². The van der Waals surface area contributed by atoms with Crippen LogP contribution in [0, 0.1) is 0 Å². The first-order valence-corrected chi connectivity index (χ1v) is 9.92. The van der Waals surface area contributed by atoms with Gasteiger partial charge >= 0.3 is 0 Å². The van der Waals surface area contributed by atoms with E-state index in [1.165, 1.54) is 14.7 Å². The average Bonchev–Trinajstić information content (AvgIpc) is 3.11. The van der Waals surface area contributed by atoms with Gasteiger partial charge in [-0.05, 0) is 36.2 Å². The van der Waals surface area contributed by atoms with E-state index in [1.807, 2.05) is 37.3 Å². The van der Waals surface area contributed by atoms with Gasteiger partial charge in [0.1, 0.15) is 13.2 Å². The molecule has 7 heteroatoms. The number of nitrogens with zero attached hydrogens (tertiary/aromatic N) is 3. The fourth-order valence-corrected chi connectivity index (χ4v) is 3.57. The smallest absolute Gasteiger partial charge is 0.248 e. The van der Waals surface area contributed by atoms with Crippen LogP contribution in [-0.2, 0) is 14.4 Å². The second kappa shape index (κ2) is 9.09. The van der Waals surface area contributed by atoms with Crippen LogP contribution < -0.4 is 4.90 Å². The highest BCUT2D eigenvalue weighted by atomic mass is 35.5. The van der Waals surface area contributed by atoms with Crippen molar-refractivity contribution in [2.75, 3.05) is 31.7 Å². The molecule has 3 amide bonds. The summed E-state index contributed by atoms with van der Waals surface area (Å²) in [5.41, 5.74) is 1.62. The summed E-state index contributed by atoms with van der Waals surface area (Å²) in [6, 6.07) is 16.5. The van der Waals surface area contributed by atoms with Crippen molar-refractivity contribution < 1.29 is 14.4 Å². The average molecular weight is 414 g/mol. The van der Waals surface area contributed by atoms with Gasteiger partial charge in [-0.25, -0.2) is 0 Å². The summed E-state index contributed by atoms with van der Waals surface area (Å²) in [6.07, 6.45) is 0.647. The van der Waals surface area contributed by atoms with Gasteiger partial charge in [0.05, 0.1) is 12.5 Å². The molecular weight excluding hydrogens is 390 g/mol. The number of benzene rings is 2. The van der Waals surface area contributed by atoms with Gasteiger partial charge in [0.2, 0.25) is 17.7 Å². The van der Waals surface area contributed by atoms with Gasteiger partial charge in [-0.1, -0.05) is 48.9 Å². The molecule has 1 aliphatic rings. The van der Waals surface area contributed by atoms with Gasteiger partial charge in [0.15, 0.2) is 0 Å². The van der Waals surface area contributed by atoms with E-state index < -0.39 is 0 Å². The maximum Gasteiger partial charge on any atom is 0.248 e. The van der Waals surface area contributed by atoms with E-state index in [4.69, 9.17) is 11.6 Å². The third-order valence-electron chi connectivity index (χ3n) is 5.09. The molecule has 2 aromatic rings. The van der Waals surface area contributed by atoms with E-state index in [0.29, 0.717) is 17.1 Å². The van der Waals surface area contributed by atoms with Crippen molar-refractivity contribution in [3.05, 3.63) is 65.2 Å². The van der Waals surface area contributed by atoms with E-state index >= 15 is 0 Å². The van der Waals surface area contributed by atoms with Crippen molar-refractivity contribution in [1.29, 1.82) is 0 Å². The van der Waals surface area contributed by atoms with E-state index in [2.05, 4.69) is 0 Å². The monoisotopic (exact) mass is 413 g/mol. The Kier molecular flexibility index (Phi) is 6.54. The number of hydrogen-bond acceptors (Lipinski definition) is 3. The molecule has 1 saturated heterocycles. The molecule has 0 bridgehead atoms. The fraction of sp³-hybridized carbons (Fsp3) is 0.318. The molecule has 0 aromatic heterocycles. The minimum absolute atomic E-state index is 0.000613. The summed E-state index contributed by atoms with van der Waals surface area (Å²) in [4.78, 5) is 42.4. The number of carbonyl (C=O) groups excluding carboxylic acids is 3. The Hall–Kier alpha value is -2.86. The first-order valence-electron chi connectivity index (χ1n) is 9.54. The summed E-state index contributed by atoms with van der Waals surface area (Å²) in [5, 5.41) is 0.581. The molecule has 1 heterocycles. The third kappa shape index (κ3) is 4.77. The second-order valence-corrected chi connectivity index (χ2v) is 7.53. The lowest BCUT2D eigenvalue weighted by Gasteiger charge is -2.25. The van der Waals surface area contributed by atoms with Crippen LogP contribution in [0.3, 0.4) is 0 Å². The molecule has 0 saturated carbocycles. The van der Waals surface area contributed by atoms with E-state index in [0.717, 1.165) is 5.56 Å². The molecule has 2 aromatic carbocycles. The zero-order valence-corrected chi connectivity index (χ0v) is 17.3. The topological polar surface area (TPSA) is 60.9 Å². The third-order valence-corrected chi connectivity index (χ3v) is 5.34. The molecule has 0 spiro atoms. The highest BCUT2D eigenvalue weighted by Crippen LogP contribution is 2.23. The van der Waals surface area contributed by atoms with Crippen LogP contribution >= 0.6 is 11.6 Å². The van der Waals surface area contributed by atoms with Gasteiger partial charge < -0.3 is 9.80 Å². The van der Waals surface area contributed by atoms with Crippen molar-refractivity contribution in [1.82, 2.24) is 9.80 Å². The van der Waals surface area contributed by atoms with Gasteiger partial charge in [-0.2, -0.15) is 0 Å². The number of halogens is 1. The van der Waals surface area contributed by atoms with Crippen LogP contribution in [0.2, 0.25) is 5.02 Å². The SMILES string of the molecule is CCC(C(=O)N(C)CC(=O)N1CC(=O)N(c2ccc(Cl)cc2)C1)c1ccccc1. The molecule has 1 aliphatic heterocycles. The molecule has 6 nitrogen and oxygen atoms in total. The van der Waals surface area contributed by atoms with Gasteiger partial charge in [-0.3, -0.25) is 19.3 Å². The molecule has 1 unspecified atom stereocenters. The van der Waals surface area contributed by atoms with Crippen LogP contribution in [-0.4, -0.2) is 54.3 Å². The predicted octanol–water partition coefficient (Wildman–Crippen LogP) is 3.12. The largest absolute Gasteiger partial charge is 0.336 e. The lowest BCUT2D eigenvalue weighted by molar-refractivity contribution is -0.140. The predicted molar refractivity (Wildman–Crippen MR) is 113 cm³/mol. The molecule has 29 heavy (non-hydrogen) atoms. The Labute approximate surface area is 175 Å². The number of amides is 3. The standard InChI is InChI=1S/C22H24ClN3O3/c1-3-19(16-7-5-4-6-8-16)22(29)24(2)13-20(27)25-14-21(28)26(15-25)18-11-9-17(23)10-12-18/h4-12,19H,3,13-15H2,1-2H3. The molecule has 3 rings (SSSR count). The van der Waals surface area contributed by atoms with Crippen molar-refractivity contribution in [2.24, 2.45) is 0 Å². The van der Waals surface area contributed by atoms with Gasteiger partial charge in [0, 0.05) is 17.8 Å². The lowest BCUT2D eigenvalue weighted by atomic mass is 9.95. The van der Waals surface area contributed by atoms with Gasteiger partial charge in [0.25, 0.3) is 0 Å². The summed E-state index contributed by atoms with van der Waals surface area (Å²) < 4.78 is 0. The van der Waals surface area contributed by atoms with Crippen LogP contribution in [0.25, 0.3) is 0 Å².